The minimum Gasteiger partial charge on any atom is -0.351 e. The number of hydrogen-bond donors (Lipinski definition) is 2. The minimum atomic E-state index is -0.0709. The Labute approximate surface area is 193 Å². The third kappa shape index (κ3) is 5.35. The van der Waals surface area contributed by atoms with E-state index in [1.807, 2.05) is 42.5 Å². The van der Waals surface area contributed by atoms with Crippen LogP contribution in [0.5, 0.6) is 0 Å². The fourth-order valence-corrected chi connectivity index (χ4v) is 3.71. The Kier molecular flexibility index (Phi) is 6.95. The van der Waals surface area contributed by atoms with Gasteiger partial charge in [-0.15, -0.1) is 0 Å². The lowest BCUT2D eigenvalue weighted by atomic mass is 10.1. The molecule has 0 spiro atoms. The molecule has 0 fully saturated rings. The number of aromatic nitrogens is 4. The molecule has 2 aromatic heterocycles. The first-order valence-electron chi connectivity index (χ1n) is 11.2. The molecule has 4 aromatic rings. The van der Waals surface area contributed by atoms with E-state index in [0.29, 0.717) is 23.7 Å². The van der Waals surface area contributed by atoms with Crippen LogP contribution in [-0.2, 0) is 0 Å². The van der Waals surface area contributed by atoms with Gasteiger partial charge in [0.15, 0.2) is 0 Å². The number of carbonyl (C=O) groups excluding carboxylic acids is 1. The van der Waals surface area contributed by atoms with Crippen molar-refractivity contribution in [3.05, 3.63) is 72.1 Å². The molecule has 33 heavy (non-hydrogen) atoms. The molecular formula is C25H29N7O. The molecule has 2 aromatic carbocycles. The summed E-state index contributed by atoms with van der Waals surface area (Å²) in [7, 11) is 0. The lowest BCUT2D eigenvalue weighted by Crippen LogP contribution is -2.34. The van der Waals surface area contributed by atoms with Crippen LogP contribution in [0.15, 0.2) is 60.9 Å². The molecule has 8 heteroatoms. The molecule has 0 aliphatic rings. The third-order valence-electron chi connectivity index (χ3n) is 5.59. The van der Waals surface area contributed by atoms with E-state index in [1.165, 1.54) is 6.33 Å². The smallest absolute Gasteiger partial charge is 0.254 e. The molecule has 0 unspecified atom stereocenters. The largest absolute Gasteiger partial charge is 0.351 e. The standard InChI is InChI=1S/C25H29N7O/c1-4-31(5-2)14-13-26-24(33)19-9-11-21(12-10-19)29-23-16-22(20-8-6-7-18(3)15-20)32-25(30-23)27-17-28-32/h6-12,15-17H,4-5,13-14H2,1-3H3,(H,26,33)(H,27,28,29,30). The number of aryl methyl sites for hydroxylation is 1. The Morgan fingerprint density at radius 1 is 1.06 bits per heavy atom. The van der Waals surface area contributed by atoms with E-state index in [0.717, 1.165) is 42.1 Å². The molecule has 2 heterocycles. The monoisotopic (exact) mass is 443 g/mol. The van der Waals surface area contributed by atoms with Crippen molar-refractivity contribution in [1.82, 2.24) is 29.8 Å². The van der Waals surface area contributed by atoms with Crippen LogP contribution in [0.2, 0.25) is 0 Å². The van der Waals surface area contributed by atoms with Crippen LogP contribution in [0.25, 0.3) is 17.0 Å². The van der Waals surface area contributed by atoms with Crippen LogP contribution >= 0.6 is 0 Å². The van der Waals surface area contributed by atoms with Crippen molar-refractivity contribution in [3.8, 4) is 11.3 Å². The summed E-state index contributed by atoms with van der Waals surface area (Å²) >= 11 is 0. The number of rotatable bonds is 9. The summed E-state index contributed by atoms with van der Waals surface area (Å²) in [5.74, 6) is 1.10. The normalized spacial score (nSPS) is 11.2. The van der Waals surface area contributed by atoms with Crippen LogP contribution in [0, 0.1) is 6.92 Å². The molecule has 0 aliphatic carbocycles. The van der Waals surface area contributed by atoms with Crippen LogP contribution in [0.1, 0.15) is 29.8 Å². The molecular weight excluding hydrogens is 414 g/mol. The molecule has 0 aliphatic heterocycles. The summed E-state index contributed by atoms with van der Waals surface area (Å²) in [5, 5.41) is 10.6. The van der Waals surface area contributed by atoms with Crippen LogP contribution in [0.4, 0.5) is 11.5 Å². The number of fused-ring (bicyclic) bond motifs is 1. The molecule has 0 radical (unpaired) electrons. The maximum atomic E-state index is 12.4. The van der Waals surface area contributed by atoms with Crippen molar-refractivity contribution in [2.45, 2.75) is 20.8 Å². The summed E-state index contributed by atoms with van der Waals surface area (Å²) < 4.78 is 1.73. The zero-order valence-electron chi connectivity index (χ0n) is 19.2. The fraction of sp³-hybridized carbons (Fsp3) is 0.280. The summed E-state index contributed by atoms with van der Waals surface area (Å²) in [4.78, 5) is 23.5. The van der Waals surface area contributed by atoms with Gasteiger partial charge in [-0.1, -0.05) is 37.6 Å². The highest BCUT2D eigenvalue weighted by Gasteiger charge is 2.11. The average molecular weight is 444 g/mol. The zero-order chi connectivity index (χ0) is 23.2. The highest BCUT2D eigenvalue weighted by molar-refractivity contribution is 5.94. The zero-order valence-corrected chi connectivity index (χ0v) is 19.2. The van der Waals surface area contributed by atoms with E-state index in [9.17, 15) is 4.79 Å². The Hall–Kier alpha value is -3.78. The van der Waals surface area contributed by atoms with Gasteiger partial charge in [0.2, 0.25) is 0 Å². The fourth-order valence-electron chi connectivity index (χ4n) is 3.71. The molecule has 0 atom stereocenters. The number of nitrogens with zero attached hydrogens (tertiary/aromatic N) is 5. The molecule has 4 rings (SSSR count). The number of carbonyl (C=O) groups is 1. The first-order valence-corrected chi connectivity index (χ1v) is 11.2. The summed E-state index contributed by atoms with van der Waals surface area (Å²) in [6.45, 7) is 9.74. The van der Waals surface area contributed by atoms with E-state index in [4.69, 9.17) is 0 Å². The van der Waals surface area contributed by atoms with Gasteiger partial charge in [-0.05, 0) is 50.3 Å². The first-order chi connectivity index (χ1) is 16.1. The molecule has 0 bridgehead atoms. The van der Waals surface area contributed by atoms with Gasteiger partial charge in [-0.25, -0.2) is 0 Å². The average Bonchev–Trinajstić information content (AvgIpc) is 3.30. The Morgan fingerprint density at radius 2 is 1.85 bits per heavy atom. The van der Waals surface area contributed by atoms with Crippen molar-refractivity contribution in [3.63, 3.8) is 0 Å². The highest BCUT2D eigenvalue weighted by Crippen LogP contribution is 2.25. The molecule has 0 saturated heterocycles. The van der Waals surface area contributed by atoms with Crippen molar-refractivity contribution < 1.29 is 4.79 Å². The van der Waals surface area contributed by atoms with Crippen molar-refractivity contribution >= 4 is 23.2 Å². The quantitative estimate of drug-likeness (QED) is 0.408. The van der Waals surface area contributed by atoms with E-state index in [1.54, 1.807) is 4.52 Å². The van der Waals surface area contributed by atoms with E-state index < -0.39 is 0 Å². The molecule has 2 N–H and O–H groups in total. The second-order valence-corrected chi connectivity index (χ2v) is 7.85. The number of likely N-dealkylation sites (N-methyl/N-ethyl adjacent to an activating group) is 1. The van der Waals surface area contributed by atoms with Crippen molar-refractivity contribution in [1.29, 1.82) is 0 Å². The van der Waals surface area contributed by atoms with Gasteiger partial charge in [0.05, 0.1) is 5.69 Å². The van der Waals surface area contributed by atoms with E-state index >= 15 is 0 Å². The number of anilines is 2. The van der Waals surface area contributed by atoms with Crippen molar-refractivity contribution in [2.75, 3.05) is 31.5 Å². The highest BCUT2D eigenvalue weighted by atomic mass is 16.1. The van der Waals surface area contributed by atoms with Gasteiger partial charge in [0.25, 0.3) is 11.7 Å². The first kappa shape index (κ1) is 22.4. The number of amides is 1. The third-order valence-corrected chi connectivity index (χ3v) is 5.59. The van der Waals surface area contributed by atoms with Crippen LogP contribution < -0.4 is 10.6 Å². The van der Waals surface area contributed by atoms with Crippen LogP contribution in [0.3, 0.4) is 0 Å². The Bertz CT molecular complexity index is 1230. The summed E-state index contributed by atoms with van der Waals surface area (Å²) in [6.07, 6.45) is 1.50. The Morgan fingerprint density at radius 3 is 2.58 bits per heavy atom. The maximum Gasteiger partial charge on any atom is 0.254 e. The second kappa shape index (κ2) is 10.2. The predicted octanol–water partition coefficient (Wildman–Crippen LogP) is 3.91. The topological polar surface area (TPSA) is 87.5 Å². The van der Waals surface area contributed by atoms with Crippen molar-refractivity contribution in [2.24, 2.45) is 0 Å². The second-order valence-electron chi connectivity index (χ2n) is 7.85. The van der Waals surface area contributed by atoms with Gasteiger partial charge in [0, 0.05) is 36.0 Å². The van der Waals surface area contributed by atoms with Gasteiger partial charge < -0.3 is 15.5 Å². The lowest BCUT2D eigenvalue weighted by Gasteiger charge is -2.18. The predicted molar refractivity (Wildman–Crippen MR) is 131 cm³/mol. The van der Waals surface area contributed by atoms with E-state index in [2.05, 4.69) is 63.5 Å². The summed E-state index contributed by atoms with van der Waals surface area (Å²) in [5.41, 5.74) is 4.56. The van der Waals surface area contributed by atoms with E-state index in [-0.39, 0.29) is 5.91 Å². The number of hydrogen-bond acceptors (Lipinski definition) is 6. The molecule has 8 nitrogen and oxygen atoms in total. The van der Waals surface area contributed by atoms with Gasteiger partial charge in [-0.2, -0.15) is 19.6 Å². The lowest BCUT2D eigenvalue weighted by molar-refractivity contribution is 0.0949. The van der Waals surface area contributed by atoms with Gasteiger partial charge in [-0.3, -0.25) is 4.79 Å². The van der Waals surface area contributed by atoms with Gasteiger partial charge >= 0.3 is 0 Å². The SMILES string of the molecule is CCN(CC)CCNC(=O)c1ccc(Nc2cc(-c3cccc(C)c3)n3ncnc3n2)cc1. The maximum absolute atomic E-state index is 12.4. The number of nitrogens with one attached hydrogen (secondary N) is 2. The van der Waals surface area contributed by atoms with Gasteiger partial charge in [0.1, 0.15) is 12.1 Å². The molecule has 1 amide bonds. The molecule has 0 saturated carbocycles. The van der Waals surface area contributed by atoms with Crippen LogP contribution in [-0.4, -0.2) is 56.6 Å². The molecule has 170 valence electrons. The summed E-state index contributed by atoms with van der Waals surface area (Å²) in [6, 6.07) is 17.6. The number of benzene rings is 2. The Balaban J connectivity index is 1.48. The minimum absolute atomic E-state index is 0.0709.